The van der Waals surface area contributed by atoms with Crippen LogP contribution in [0.5, 0.6) is 0 Å². The second-order valence-electron chi connectivity index (χ2n) is 5.41. The minimum Gasteiger partial charge on any atom is -0.467 e. The molecule has 0 radical (unpaired) electrons. The van der Waals surface area contributed by atoms with Crippen LogP contribution in [0.25, 0.3) is 0 Å². The molecule has 1 aliphatic carbocycles. The number of nitrogens with one attached hydrogen (secondary N) is 1. The Morgan fingerprint density at radius 3 is 2.55 bits per heavy atom. The molecule has 1 heterocycles. The van der Waals surface area contributed by atoms with Crippen LogP contribution in [0.2, 0.25) is 0 Å². The van der Waals surface area contributed by atoms with Crippen molar-refractivity contribution in [3.63, 3.8) is 0 Å². The third-order valence-electron chi connectivity index (χ3n) is 3.97. The van der Waals surface area contributed by atoms with Gasteiger partial charge in [0.05, 0.1) is 17.7 Å². The smallest absolute Gasteiger partial charge is 0.231 e. The normalized spacial score (nSPS) is 17.4. The predicted molar refractivity (Wildman–Crippen MR) is 77.0 cm³/mol. The predicted octanol–water partition coefficient (Wildman–Crippen LogP) is 2.77. The Labute approximate surface area is 118 Å². The van der Waals surface area contributed by atoms with E-state index in [1.807, 2.05) is 43.3 Å². The second kappa shape index (κ2) is 4.71. The molecule has 1 aliphatic rings. The first-order valence-corrected chi connectivity index (χ1v) is 6.82. The summed E-state index contributed by atoms with van der Waals surface area (Å²) in [5.41, 5.74) is 7.07. The van der Waals surface area contributed by atoms with E-state index in [1.54, 1.807) is 6.26 Å². The van der Waals surface area contributed by atoms with Crippen LogP contribution in [0.15, 0.2) is 47.1 Å². The lowest BCUT2D eigenvalue weighted by Gasteiger charge is -2.19. The van der Waals surface area contributed by atoms with E-state index in [4.69, 9.17) is 10.2 Å². The van der Waals surface area contributed by atoms with Crippen molar-refractivity contribution < 1.29 is 9.21 Å². The van der Waals surface area contributed by atoms with Crippen molar-refractivity contribution >= 4 is 11.6 Å². The van der Waals surface area contributed by atoms with Gasteiger partial charge in [0.2, 0.25) is 5.91 Å². The van der Waals surface area contributed by atoms with Gasteiger partial charge in [0.1, 0.15) is 5.76 Å². The molecular formula is C16H18N2O2. The molecule has 4 heteroatoms. The Morgan fingerprint density at radius 2 is 2.00 bits per heavy atom. The van der Waals surface area contributed by atoms with Gasteiger partial charge < -0.3 is 15.5 Å². The van der Waals surface area contributed by atoms with Crippen molar-refractivity contribution in [3.8, 4) is 0 Å². The Hall–Kier alpha value is -2.23. The maximum Gasteiger partial charge on any atom is 0.231 e. The Kier molecular flexibility index (Phi) is 3.01. The summed E-state index contributed by atoms with van der Waals surface area (Å²) in [6.45, 7) is 1.93. The first-order valence-electron chi connectivity index (χ1n) is 6.82. The number of hydrogen-bond acceptors (Lipinski definition) is 3. The molecule has 0 spiro atoms. The summed E-state index contributed by atoms with van der Waals surface area (Å²) in [6.07, 6.45) is 3.38. The van der Waals surface area contributed by atoms with E-state index in [0.29, 0.717) is 5.69 Å². The summed E-state index contributed by atoms with van der Waals surface area (Å²) in [4.78, 5) is 12.5. The molecule has 2 aromatic rings. The number of furan rings is 1. The topological polar surface area (TPSA) is 68.3 Å². The van der Waals surface area contributed by atoms with Crippen LogP contribution in [0.3, 0.4) is 0 Å². The minimum absolute atomic E-state index is 0.0613. The fourth-order valence-corrected chi connectivity index (χ4v) is 2.52. The van der Waals surface area contributed by atoms with Gasteiger partial charge in [0.25, 0.3) is 0 Å². The van der Waals surface area contributed by atoms with Crippen LogP contribution >= 0.6 is 0 Å². The summed E-state index contributed by atoms with van der Waals surface area (Å²) in [5.74, 6) is 0.831. The number of hydrogen-bond donors (Lipinski definition) is 2. The number of anilines is 1. The highest BCUT2D eigenvalue weighted by molar-refractivity contribution is 5.91. The lowest BCUT2D eigenvalue weighted by molar-refractivity contribution is -0.124. The molecule has 3 rings (SSSR count). The van der Waals surface area contributed by atoms with E-state index in [9.17, 15) is 4.79 Å². The zero-order valence-electron chi connectivity index (χ0n) is 11.4. The van der Waals surface area contributed by atoms with Crippen molar-refractivity contribution in [2.45, 2.75) is 31.2 Å². The van der Waals surface area contributed by atoms with Crippen LogP contribution in [-0.4, -0.2) is 5.91 Å². The average molecular weight is 270 g/mol. The van der Waals surface area contributed by atoms with Crippen LogP contribution in [0, 0.1) is 0 Å². The highest BCUT2D eigenvalue weighted by atomic mass is 16.3. The fourth-order valence-electron chi connectivity index (χ4n) is 2.52. The molecule has 1 saturated carbocycles. The number of amides is 1. The second-order valence-corrected chi connectivity index (χ2v) is 5.41. The molecule has 0 saturated heterocycles. The van der Waals surface area contributed by atoms with Crippen molar-refractivity contribution in [2.75, 3.05) is 5.73 Å². The molecular weight excluding hydrogens is 252 g/mol. The summed E-state index contributed by atoms with van der Waals surface area (Å²) >= 11 is 0. The van der Waals surface area contributed by atoms with E-state index >= 15 is 0 Å². The Balaban J connectivity index is 1.75. The van der Waals surface area contributed by atoms with Gasteiger partial charge in [-0.1, -0.05) is 12.1 Å². The van der Waals surface area contributed by atoms with Gasteiger partial charge in [0, 0.05) is 5.69 Å². The van der Waals surface area contributed by atoms with E-state index in [2.05, 4.69) is 5.32 Å². The SMILES string of the molecule is C[C@H](NC(=O)C1(c2ccc(N)cc2)CC1)c1ccco1. The zero-order chi connectivity index (χ0) is 14.2. The van der Waals surface area contributed by atoms with E-state index in [-0.39, 0.29) is 17.4 Å². The van der Waals surface area contributed by atoms with E-state index in [0.717, 1.165) is 24.2 Å². The lowest BCUT2D eigenvalue weighted by atomic mass is 9.94. The van der Waals surface area contributed by atoms with Crippen LogP contribution in [-0.2, 0) is 10.2 Å². The van der Waals surface area contributed by atoms with Gasteiger partial charge in [-0.15, -0.1) is 0 Å². The third-order valence-corrected chi connectivity index (χ3v) is 3.97. The monoisotopic (exact) mass is 270 g/mol. The first kappa shape index (κ1) is 12.8. The molecule has 4 nitrogen and oxygen atoms in total. The van der Waals surface area contributed by atoms with E-state index in [1.165, 1.54) is 0 Å². The van der Waals surface area contributed by atoms with Gasteiger partial charge in [-0.05, 0) is 49.6 Å². The largest absolute Gasteiger partial charge is 0.467 e. The molecule has 20 heavy (non-hydrogen) atoms. The molecule has 1 amide bonds. The third kappa shape index (κ3) is 2.18. The maximum atomic E-state index is 12.5. The molecule has 1 aromatic heterocycles. The minimum atomic E-state index is -0.380. The van der Waals surface area contributed by atoms with Crippen LogP contribution < -0.4 is 11.1 Å². The zero-order valence-corrected chi connectivity index (χ0v) is 11.4. The standard InChI is InChI=1S/C16H18N2O2/c1-11(14-3-2-10-20-14)18-15(19)16(8-9-16)12-4-6-13(17)7-5-12/h2-7,10-11H,8-9,17H2,1H3,(H,18,19)/t11-/m0/s1. The van der Waals surface area contributed by atoms with Crippen molar-refractivity contribution in [1.82, 2.24) is 5.32 Å². The highest BCUT2D eigenvalue weighted by Crippen LogP contribution is 2.48. The summed E-state index contributed by atoms with van der Waals surface area (Å²) in [5, 5.41) is 3.03. The molecule has 3 N–H and O–H groups in total. The average Bonchev–Trinajstić information content (AvgIpc) is 3.06. The van der Waals surface area contributed by atoms with Crippen molar-refractivity contribution in [1.29, 1.82) is 0 Å². The fraction of sp³-hybridized carbons (Fsp3) is 0.312. The van der Waals surface area contributed by atoms with Crippen molar-refractivity contribution in [3.05, 3.63) is 54.0 Å². The number of carbonyl (C=O) groups excluding carboxylic acids is 1. The molecule has 1 atom stereocenters. The van der Waals surface area contributed by atoms with Gasteiger partial charge in [-0.25, -0.2) is 0 Å². The van der Waals surface area contributed by atoms with Gasteiger partial charge in [-0.3, -0.25) is 4.79 Å². The molecule has 0 aliphatic heterocycles. The van der Waals surface area contributed by atoms with Crippen LogP contribution in [0.1, 0.15) is 37.1 Å². The quantitative estimate of drug-likeness (QED) is 0.839. The maximum absolute atomic E-state index is 12.5. The Bertz CT molecular complexity index is 598. The molecule has 0 bridgehead atoms. The number of rotatable bonds is 4. The van der Waals surface area contributed by atoms with Gasteiger partial charge in [0.15, 0.2) is 0 Å². The molecule has 0 unspecified atom stereocenters. The molecule has 1 aromatic carbocycles. The number of benzene rings is 1. The van der Waals surface area contributed by atoms with Gasteiger partial charge in [-0.2, -0.15) is 0 Å². The Morgan fingerprint density at radius 1 is 1.30 bits per heavy atom. The van der Waals surface area contributed by atoms with E-state index < -0.39 is 0 Å². The number of nitrogen functional groups attached to an aromatic ring is 1. The molecule has 1 fully saturated rings. The summed E-state index contributed by atoms with van der Waals surface area (Å²) in [7, 11) is 0. The molecule has 104 valence electrons. The first-order chi connectivity index (χ1) is 9.62. The van der Waals surface area contributed by atoms with Crippen LogP contribution in [0.4, 0.5) is 5.69 Å². The number of carbonyl (C=O) groups is 1. The highest BCUT2D eigenvalue weighted by Gasteiger charge is 2.51. The number of nitrogens with two attached hydrogens (primary N) is 1. The van der Waals surface area contributed by atoms with Crippen molar-refractivity contribution in [2.24, 2.45) is 0 Å². The van der Waals surface area contributed by atoms with Gasteiger partial charge >= 0.3 is 0 Å². The summed E-state index contributed by atoms with van der Waals surface area (Å²) in [6, 6.07) is 11.2. The summed E-state index contributed by atoms with van der Waals surface area (Å²) < 4.78 is 5.32. The lowest BCUT2D eigenvalue weighted by Crippen LogP contribution is -2.36.